The molecule has 1 aromatic rings. The molecule has 0 saturated heterocycles. The fourth-order valence-corrected chi connectivity index (χ4v) is 1.94. The Kier molecular flexibility index (Phi) is 3.39. The number of aromatic nitrogens is 2. The molecule has 1 atom stereocenters. The third kappa shape index (κ3) is 2.62. The van der Waals surface area contributed by atoms with Crippen LogP contribution < -0.4 is 17.0 Å². The minimum Gasteiger partial charge on any atom is -0.330 e. The lowest BCUT2D eigenvalue weighted by Crippen LogP contribution is -2.26. The van der Waals surface area contributed by atoms with Gasteiger partial charge in [-0.3, -0.25) is 9.78 Å². The molecule has 0 amide bonds. The first-order valence-corrected chi connectivity index (χ1v) is 5.60. The maximum absolute atomic E-state index is 11.6. The van der Waals surface area contributed by atoms with E-state index in [1.165, 1.54) is 11.8 Å². The van der Waals surface area contributed by atoms with Crippen LogP contribution in [-0.2, 0) is 0 Å². The van der Waals surface area contributed by atoms with Gasteiger partial charge in [-0.05, 0) is 19.4 Å². The van der Waals surface area contributed by atoms with Gasteiger partial charge in [-0.1, -0.05) is 23.8 Å². The highest BCUT2D eigenvalue weighted by molar-refractivity contribution is 5.30. The second-order valence-corrected chi connectivity index (χ2v) is 4.05. The van der Waals surface area contributed by atoms with Crippen LogP contribution in [0.1, 0.15) is 24.3 Å². The van der Waals surface area contributed by atoms with E-state index in [1.54, 1.807) is 0 Å². The molecule has 1 aliphatic carbocycles. The lowest BCUT2D eigenvalue weighted by atomic mass is 9.91. The molecule has 0 radical (unpaired) electrons. The van der Waals surface area contributed by atoms with E-state index in [0.29, 0.717) is 12.1 Å². The zero-order valence-corrected chi connectivity index (χ0v) is 9.40. The van der Waals surface area contributed by atoms with Crippen molar-refractivity contribution in [1.29, 1.82) is 0 Å². The minimum atomic E-state index is -0.474. The number of allylic oxidation sites excluding steroid dienone is 3. The number of nitrogens with two attached hydrogens (primary N) is 1. The second-order valence-electron chi connectivity index (χ2n) is 4.05. The fourth-order valence-electron chi connectivity index (χ4n) is 1.94. The summed E-state index contributed by atoms with van der Waals surface area (Å²) in [5.74, 6) is 0.0251. The van der Waals surface area contributed by atoms with Gasteiger partial charge in [0.05, 0.1) is 0 Å². The summed E-state index contributed by atoms with van der Waals surface area (Å²) in [5.41, 5.74) is 6.47. The summed E-state index contributed by atoms with van der Waals surface area (Å²) in [6, 6.07) is 0. The Labute approximate surface area is 98.1 Å². The van der Waals surface area contributed by atoms with Crippen LogP contribution >= 0.6 is 0 Å². The molecule has 0 bridgehead atoms. The molecule has 17 heavy (non-hydrogen) atoms. The maximum Gasteiger partial charge on any atom is 0.325 e. The predicted octanol–water partition coefficient (Wildman–Crippen LogP) is 0.382. The van der Waals surface area contributed by atoms with Crippen molar-refractivity contribution in [1.82, 2.24) is 9.97 Å². The topological polar surface area (TPSA) is 91.7 Å². The summed E-state index contributed by atoms with van der Waals surface area (Å²) in [6.45, 7) is 0.625. The summed E-state index contributed by atoms with van der Waals surface area (Å²) in [7, 11) is 0. The van der Waals surface area contributed by atoms with Crippen molar-refractivity contribution in [2.75, 3.05) is 6.54 Å². The summed E-state index contributed by atoms with van der Waals surface area (Å²) < 4.78 is 0. The number of hydrogen-bond acceptors (Lipinski definition) is 3. The van der Waals surface area contributed by atoms with Crippen molar-refractivity contribution >= 4 is 0 Å². The van der Waals surface area contributed by atoms with E-state index in [9.17, 15) is 9.59 Å². The molecule has 1 aromatic heterocycles. The molecule has 0 spiro atoms. The van der Waals surface area contributed by atoms with Gasteiger partial charge in [-0.25, -0.2) is 4.79 Å². The van der Waals surface area contributed by atoms with Gasteiger partial charge < -0.3 is 10.7 Å². The molecule has 0 aliphatic heterocycles. The van der Waals surface area contributed by atoms with E-state index in [1.807, 2.05) is 12.2 Å². The second kappa shape index (κ2) is 4.97. The van der Waals surface area contributed by atoms with Gasteiger partial charge >= 0.3 is 5.69 Å². The normalized spacial score (nSPS) is 19.1. The number of H-pyrrole nitrogens is 2. The number of hydrogen-bond donors (Lipinski definition) is 3. The monoisotopic (exact) mass is 233 g/mol. The Morgan fingerprint density at radius 3 is 2.82 bits per heavy atom. The van der Waals surface area contributed by atoms with Crippen molar-refractivity contribution in [3.05, 3.63) is 56.4 Å². The SMILES string of the molecule is NCCC1=CCC(c2c[nH]c(=O)[nH]c2=O)C=C1. The molecule has 90 valence electrons. The average Bonchev–Trinajstić information content (AvgIpc) is 2.31. The quantitative estimate of drug-likeness (QED) is 0.704. The van der Waals surface area contributed by atoms with Crippen LogP contribution in [0.3, 0.4) is 0 Å². The Bertz CT molecular complexity index is 566. The average molecular weight is 233 g/mol. The largest absolute Gasteiger partial charge is 0.330 e. The van der Waals surface area contributed by atoms with Crippen molar-refractivity contribution in [2.45, 2.75) is 18.8 Å². The number of nitrogens with one attached hydrogen (secondary N) is 2. The first kappa shape index (κ1) is 11.6. The number of rotatable bonds is 3. The van der Waals surface area contributed by atoms with Crippen LogP contribution in [0.5, 0.6) is 0 Å². The molecular formula is C12H15N3O2. The van der Waals surface area contributed by atoms with Crippen LogP contribution in [0.4, 0.5) is 0 Å². The van der Waals surface area contributed by atoms with Gasteiger partial charge in [-0.15, -0.1) is 0 Å². The van der Waals surface area contributed by atoms with E-state index in [0.717, 1.165) is 12.8 Å². The molecule has 2 rings (SSSR count). The molecule has 1 unspecified atom stereocenters. The van der Waals surface area contributed by atoms with Gasteiger partial charge in [0.1, 0.15) is 0 Å². The first-order valence-electron chi connectivity index (χ1n) is 5.60. The van der Waals surface area contributed by atoms with Crippen molar-refractivity contribution < 1.29 is 0 Å². The highest BCUT2D eigenvalue weighted by Gasteiger charge is 2.14. The molecule has 5 heteroatoms. The minimum absolute atomic E-state index is 0.0251. The lowest BCUT2D eigenvalue weighted by Gasteiger charge is -2.15. The molecule has 0 saturated carbocycles. The highest BCUT2D eigenvalue weighted by atomic mass is 16.2. The molecule has 4 N–H and O–H groups in total. The third-order valence-corrected chi connectivity index (χ3v) is 2.86. The molecule has 1 aliphatic rings. The Balaban J connectivity index is 2.20. The van der Waals surface area contributed by atoms with E-state index >= 15 is 0 Å². The zero-order chi connectivity index (χ0) is 12.3. The van der Waals surface area contributed by atoms with Crippen LogP contribution in [0, 0.1) is 0 Å². The predicted molar refractivity (Wildman–Crippen MR) is 65.9 cm³/mol. The lowest BCUT2D eigenvalue weighted by molar-refractivity contribution is 0.797. The summed E-state index contributed by atoms with van der Waals surface area (Å²) in [5, 5.41) is 0. The Hall–Kier alpha value is -1.88. The number of aromatic amines is 2. The fraction of sp³-hybridized carbons (Fsp3) is 0.333. The van der Waals surface area contributed by atoms with Gasteiger partial charge in [0.25, 0.3) is 5.56 Å². The molecule has 0 aromatic carbocycles. The van der Waals surface area contributed by atoms with Gasteiger partial charge in [0, 0.05) is 17.7 Å². The summed E-state index contributed by atoms with van der Waals surface area (Å²) in [4.78, 5) is 27.2. The van der Waals surface area contributed by atoms with Gasteiger partial charge in [0.15, 0.2) is 0 Å². The van der Waals surface area contributed by atoms with Crippen molar-refractivity contribution in [2.24, 2.45) is 5.73 Å². The van der Waals surface area contributed by atoms with E-state index in [2.05, 4.69) is 16.0 Å². The van der Waals surface area contributed by atoms with Crippen LogP contribution in [0.2, 0.25) is 0 Å². The smallest absolute Gasteiger partial charge is 0.325 e. The van der Waals surface area contributed by atoms with Gasteiger partial charge in [-0.2, -0.15) is 0 Å². The van der Waals surface area contributed by atoms with Crippen LogP contribution in [0.25, 0.3) is 0 Å². The zero-order valence-electron chi connectivity index (χ0n) is 9.40. The van der Waals surface area contributed by atoms with Crippen LogP contribution in [-0.4, -0.2) is 16.5 Å². The first-order chi connectivity index (χ1) is 8.20. The van der Waals surface area contributed by atoms with Crippen LogP contribution in [0.15, 0.2) is 39.6 Å². The summed E-state index contributed by atoms with van der Waals surface area (Å²) >= 11 is 0. The van der Waals surface area contributed by atoms with Crippen molar-refractivity contribution in [3.8, 4) is 0 Å². The molecule has 5 nitrogen and oxygen atoms in total. The van der Waals surface area contributed by atoms with E-state index in [4.69, 9.17) is 5.73 Å². The van der Waals surface area contributed by atoms with E-state index < -0.39 is 5.69 Å². The standard InChI is InChI=1S/C12H15N3O2/c13-6-5-8-1-3-9(4-2-8)10-7-14-12(17)15-11(10)16/h1-3,7,9H,4-6,13H2,(H2,14,15,16,17). The van der Waals surface area contributed by atoms with Crippen molar-refractivity contribution in [3.63, 3.8) is 0 Å². The Morgan fingerprint density at radius 2 is 2.24 bits per heavy atom. The highest BCUT2D eigenvalue weighted by Crippen LogP contribution is 2.24. The third-order valence-electron chi connectivity index (χ3n) is 2.86. The van der Waals surface area contributed by atoms with E-state index in [-0.39, 0.29) is 11.5 Å². The summed E-state index contributed by atoms with van der Waals surface area (Å²) in [6.07, 6.45) is 9.16. The molecule has 1 heterocycles. The van der Waals surface area contributed by atoms with Gasteiger partial charge in [0.2, 0.25) is 0 Å². The molecule has 0 fully saturated rings. The molecular weight excluding hydrogens is 218 g/mol. The Morgan fingerprint density at radius 1 is 1.41 bits per heavy atom. The maximum atomic E-state index is 11.6.